The molecule has 0 N–H and O–H groups in total. The van der Waals surface area contributed by atoms with Gasteiger partial charge in [0.1, 0.15) is 0 Å². The minimum Gasteiger partial charge on any atom is -0.309 e. The maximum atomic E-state index is 9.57. The number of benzene rings is 6. The summed E-state index contributed by atoms with van der Waals surface area (Å²) in [6, 6.07) is 44.3. The monoisotopic (exact) mass is 564 g/mol. The van der Waals surface area contributed by atoms with Gasteiger partial charge in [-0.3, -0.25) is 0 Å². The number of fused-ring (bicyclic) bond motifs is 10. The lowest BCUT2D eigenvalue weighted by molar-refractivity contribution is 1.13. The molecule has 198 valence electrons. The van der Waals surface area contributed by atoms with Crippen molar-refractivity contribution in [2.75, 3.05) is 0 Å². The van der Waals surface area contributed by atoms with Crippen molar-refractivity contribution in [3.8, 4) is 17.4 Å². The summed E-state index contributed by atoms with van der Waals surface area (Å²) in [5.41, 5.74) is 7.74. The van der Waals surface area contributed by atoms with Gasteiger partial charge in [0.2, 0.25) is 0 Å². The van der Waals surface area contributed by atoms with E-state index in [2.05, 4.69) is 105 Å². The van der Waals surface area contributed by atoms with Crippen LogP contribution in [0.3, 0.4) is 0 Å². The molecule has 4 nitrogen and oxygen atoms in total. The summed E-state index contributed by atoms with van der Waals surface area (Å²) >= 11 is 1.82. The molecule has 6 aromatic carbocycles. The summed E-state index contributed by atoms with van der Waals surface area (Å²) in [6.45, 7) is 7.71. The number of rotatable bonds is 2. The van der Waals surface area contributed by atoms with E-state index in [1.54, 1.807) is 0 Å². The van der Waals surface area contributed by atoms with Crippen LogP contribution in [0, 0.1) is 17.9 Å². The van der Waals surface area contributed by atoms with E-state index >= 15 is 0 Å². The molecule has 9 aromatic rings. The van der Waals surface area contributed by atoms with Crippen molar-refractivity contribution in [1.29, 1.82) is 5.26 Å². The number of para-hydroxylation sites is 1. The van der Waals surface area contributed by atoms with Crippen LogP contribution in [0.1, 0.15) is 5.56 Å². The molecule has 0 saturated heterocycles. The van der Waals surface area contributed by atoms with E-state index in [-0.39, 0.29) is 0 Å². The molecule has 0 fully saturated rings. The first kappa shape index (κ1) is 23.8. The maximum Gasteiger partial charge on any atom is 0.188 e. The van der Waals surface area contributed by atoms with E-state index < -0.39 is 0 Å². The third-order valence-corrected chi connectivity index (χ3v) is 9.74. The molecular weight excluding hydrogens is 545 g/mol. The lowest BCUT2D eigenvalue weighted by atomic mass is 10.1. The number of hydrogen-bond acceptors (Lipinski definition) is 2. The van der Waals surface area contributed by atoms with Crippen molar-refractivity contribution in [1.82, 2.24) is 9.13 Å². The molecule has 0 aliphatic carbocycles. The first-order valence-corrected chi connectivity index (χ1v) is 14.9. The Hall–Kier alpha value is -5.88. The van der Waals surface area contributed by atoms with Crippen LogP contribution in [0.4, 0.5) is 5.69 Å². The van der Waals surface area contributed by atoms with Crippen molar-refractivity contribution in [2.24, 2.45) is 0 Å². The summed E-state index contributed by atoms with van der Waals surface area (Å²) in [4.78, 5) is 3.77. The highest BCUT2D eigenvalue weighted by Gasteiger charge is 2.19. The number of nitriles is 1. The van der Waals surface area contributed by atoms with Gasteiger partial charge in [-0.2, -0.15) is 5.26 Å². The quantitative estimate of drug-likeness (QED) is 0.192. The number of hydrogen-bond donors (Lipinski definition) is 0. The van der Waals surface area contributed by atoms with Gasteiger partial charge in [-0.15, -0.1) is 11.3 Å². The second-order valence-electron chi connectivity index (χ2n) is 10.8. The molecule has 0 aliphatic heterocycles. The zero-order valence-corrected chi connectivity index (χ0v) is 23.6. The number of thiophene rings is 1. The first-order chi connectivity index (χ1) is 21.2. The van der Waals surface area contributed by atoms with Crippen molar-refractivity contribution in [3.05, 3.63) is 138 Å². The van der Waals surface area contributed by atoms with E-state index in [0.29, 0.717) is 11.3 Å². The Bertz CT molecular complexity index is 2710. The van der Waals surface area contributed by atoms with Gasteiger partial charge in [-0.05, 0) is 72.1 Å². The topological polar surface area (TPSA) is 38.0 Å². The third-order valence-electron chi connectivity index (χ3n) is 8.53. The average Bonchev–Trinajstić information content (AvgIpc) is 3.71. The van der Waals surface area contributed by atoms with Crippen LogP contribution in [-0.2, 0) is 0 Å². The van der Waals surface area contributed by atoms with Gasteiger partial charge in [0, 0.05) is 47.7 Å². The predicted molar refractivity (Wildman–Crippen MR) is 179 cm³/mol. The zero-order chi connectivity index (χ0) is 28.7. The molecule has 3 aromatic heterocycles. The highest BCUT2D eigenvalue weighted by Crippen LogP contribution is 2.44. The van der Waals surface area contributed by atoms with Gasteiger partial charge in [-0.1, -0.05) is 54.6 Å². The maximum absolute atomic E-state index is 9.57. The summed E-state index contributed by atoms with van der Waals surface area (Å²) in [5, 5.41) is 16.5. The van der Waals surface area contributed by atoms with E-state index in [9.17, 15) is 5.26 Å². The number of aromatic nitrogens is 2. The van der Waals surface area contributed by atoms with E-state index in [1.807, 2.05) is 47.7 Å². The minimum absolute atomic E-state index is 0.639. The van der Waals surface area contributed by atoms with Crippen molar-refractivity contribution < 1.29 is 0 Å². The fourth-order valence-corrected chi connectivity index (χ4v) is 7.97. The normalized spacial score (nSPS) is 11.7. The largest absolute Gasteiger partial charge is 0.309 e. The van der Waals surface area contributed by atoms with E-state index in [1.165, 1.54) is 25.6 Å². The van der Waals surface area contributed by atoms with E-state index in [4.69, 9.17) is 6.57 Å². The van der Waals surface area contributed by atoms with Crippen molar-refractivity contribution in [2.45, 2.75) is 0 Å². The van der Waals surface area contributed by atoms with E-state index in [0.717, 1.165) is 49.6 Å². The third kappa shape index (κ3) is 3.29. The smallest absolute Gasteiger partial charge is 0.188 e. The lowest BCUT2D eigenvalue weighted by Gasteiger charge is -2.13. The Morgan fingerprint density at radius 1 is 0.581 bits per heavy atom. The Morgan fingerprint density at radius 3 is 2.12 bits per heavy atom. The van der Waals surface area contributed by atoms with Gasteiger partial charge >= 0.3 is 0 Å². The summed E-state index contributed by atoms with van der Waals surface area (Å²) in [6.07, 6.45) is 0. The molecule has 0 unspecified atom stereocenters. The molecule has 0 spiro atoms. The first-order valence-electron chi connectivity index (χ1n) is 14.0. The highest BCUT2D eigenvalue weighted by molar-refractivity contribution is 7.26. The van der Waals surface area contributed by atoms with Crippen molar-refractivity contribution in [3.63, 3.8) is 0 Å². The molecule has 3 heterocycles. The van der Waals surface area contributed by atoms with Gasteiger partial charge in [-0.25, -0.2) is 4.85 Å². The molecule has 5 heteroatoms. The SMILES string of the molecule is [C-]#[N+]c1ccc2c(c1)c1c3sc4ccccc4c3ccc1n2-c1cccc(-n2c3ccccc3c3cc(C#N)ccc32)c1. The Morgan fingerprint density at radius 2 is 1.28 bits per heavy atom. The van der Waals surface area contributed by atoms with Gasteiger partial charge in [0.25, 0.3) is 0 Å². The predicted octanol–water partition coefficient (Wildman–Crippen LogP) is 10.7. The van der Waals surface area contributed by atoms with Crippen LogP contribution < -0.4 is 0 Å². The fourth-order valence-electron chi connectivity index (χ4n) is 6.71. The summed E-state index contributed by atoms with van der Waals surface area (Å²) in [7, 11) is 0. The molecule has 43 heavy (non-hydrogen) atoms. The van der Waals surface area contributed by atoms with Crippen molar-refractivity contribution >= 4 is 80.8 Å². The zero-order valence-electron chi connectivity index (χ0n) is 22.7. The van der Waals surface area contributed by atoms with Crippen LogP contribution >= 0.6 is 11.3 Å². The van der Waals surface area contributed by atoms with Crippen LogP contribution in [-0.4, -0.2) is 9.13 Å². The summed E-state index contributed by atoms with van der Waals surface area (Å²) in [5.74, 6) is 0. The Labute approximate surface area is 250 Å². The Kier molecular flexibility index (Phi) is 4.87. The molecule has 0 aliphatic rings. The van der Waals surface area contributed by atoms with Crippen LogP contribution in [0.25, 0.3) is 80.0 Å². The molecular formula is C38H20N4S. The second kappa shape index (κ2) is 8.81. The lowest BCUT2D eigenvalue weighted by Crippen LogP contribution is -1.98. The molecule has 0 amide bonds. The highest BCUT2D eigenvalue weighted by atomic mass is 32.1. The van der Waals surface area contributed by atoms with Gasteiger partial charge in [0.15, 0.2) is 5.69 Å². The average molecular weight is 565 g/mol. The van der Waals surface area contributed by atoms with Gasteiger partial charge < -0.3 is 9.13 Å². The molecule has 0 radical (unpaired) electrons. The number of nitrogens with zero attached hydrogens (tertiary/aromatic N) is 4. The summed E-state index contributed by atoms with van der Waals surface area (Å²) < 4.78 is 7.12. The van der Waals surface area contributed by atoms with Gasteiger partial charge in [0.05, 0.1) is 40.3 Å². The fraction of sp³-hybridized carbons (Fsp3) is 0. The molecule has 0 atom stereocenters. The molecule has 9 rings (SSSR count). The standard InChI is InChI=1S/C38H20N4S/c1-40-24-14-17-34-31(20-24)37-35(18-15-29-28-10-3-5-12-36(28)43-38(29)37)42(34)26-8-6-7-25(21-26)41-32-11-4-2-9-27(32)30-19-23(22-39)13-16-33(30)41/h2-21H. The minimum atomic E-state index is 0.639. The van der Waals surface area contributed by atoms with Crippen LogP contribution in [0.15, 0.2) is 121 Å². The second-order valence-corrected chi connectivity index (χ2v) is 11.9. The molecule has 0 bridgehead atoms. The molecule has 0 saturated carbocycles. The Balaban J connectivity index is 1.36. The van der Waals surface area contributed by atoms with Crippen LogP contribution in [0.2, 0.25) is 0 Å². The van der Waals surface area contributed by atoms with Crippen LogP contribution in [0.5, 0.6) is 0 Å².